The van der Waals surface area contributed by atoms with Gasteiger partial charge in [0.2, 0.25) is 11.8 Å². The van der Waals surface area contributed by atoms with Gasteiger partial charge >= 0.3 is 0 Å². The van der Waals surface area contributed by atoms with Crippen LogP contribution in [0.1, 0.15) is 39.5 Å². The highest BCUT2D eigenvalue weighted by atomic mass is 16.3. The Morgan fingerprint density at radius 2 is 2.19 bits per heavy atom. The van der Waals surface area contributed by atoms with Gasteiger partial charge in [0.25, 0.3) is 0 Å². The van der Waals surface area contributed by atoms with Crippen LogP contribution in [0.4, 0.5) is 0 Å². The lowest BCUT2D eigenvalue weighted by Gasteiger charge is -2.26. The molecular weight excluding hydrogens is 208 g/mol. The van der Waals surface area contributed by atoms with Crippen molar-refractivity contribution in [3.05, 3.63) is 0 Å². The van der Waals surface area contributed by atoms with Crippen molar-refractivity contribution in [3.8, 4) is 0 Å². The summed E-state index contributed by atoms with van der Waals surface area (Å²) in [5.41, 5.74) is -0.835. The van der Waals surface area contributed by atoms with Crippen LogP contribution in [0.25, 0.3) is 0 Å². The summed E-state index contributed by atoms with van der Waals surface area (Å²) in [5, 5.41) is 15.2. The molecule has 3 N–H and O–H groups in total. The number of nitrogens with one attached hydrogen (secondary N) is 2. The summed E-state index contributed by atoms with van der Waals surface area (Å²) in [6.45, 7) is 4.01. The Bertz CT molecular complexity index is 274. The van der Waals surface area contributed by atoms with E-state index in [2.05, 4.69) is 10.6 Å². The first-order chi connectivity index (χ1) is 7.50. The molecule has 1 unspecified atom stereocenters. The Labute approximate surface area is 95.6 Å². The number of aliphatic hydroxyl groups is 1. The van der Waals surface area contributed by atoms with Crippen molar-refractivity contribution in [1.82, 2.24) is 10.6 Å². The van der Waals surface area contributed by atoms with E-state index in [0.717, 1.165) is 0 Å². The maximum absolute atomic E-state index is 11.6. The summed E-state index contributed by atoms with van der Waals surface area (Å²) < 4.78 is 0. The quantitative estimate of drug-likeness (QED) is 0.616. The van der Waals surface area contributed by atoms with Crippen LogP contribution in [-0.4, -0.2) is 35.1 Å². The number of carbonyl (C=O) groups excluding carboxylic acids is 2. The summed E-state index contributed by atoms with van der Waals surface area (Å²) in [5.74, 6) is -0.285. The molecule has 1 saturated heterocycles. The average molecular weight is 228 g/mol. The van der Waals surface area contributed by atoms with Crippen molar-refractivity contribution in [2.24, 2.45) is 0 Å². The Hall–Kier alpha value is -1.10. The van der Waals surface area contributed by atoms with Gasteiger partial charge in [0, 0.05) is 13.0 Å². The molecule has 0 spiro atoms. The van der Waals surface area contributed by atoms with E-state index in [4.69, 9.17) is 0 Å². The maximum atomic E-state index is 11.6. The standard InChI is InChI=1S/C11H20N2O3/c1-3-11(16,4-2)7-12-10(15)8-5-6-9(14)13-8/h8,16H,3-7H2,1-2H3,(H,12,15)(H,13,14). The van der Waals surface area contributed by atoms with Crippen LogP contribution in [0, 0.1) is 0 Å². The predicted molar refractivity (Wildman–Crippen MR) is 59.7 cm³/mol. The maximum Gasteiger partial charge on any atom is 0.242 e. The van der Waals surface area contributed by atoms with Crippen LogP contribution in [0.2, 0.25) is 0 Å². The molecule has 16 heavy (non-hydrogen) atoms. The van der Waals surface area contributed by atoms with Crippen molar-refractivity contribution >= 4 is 11.8 Å². The van der Waals surface area contributed by atoms with Crippen LogP contribution in [-0.2, 0) is 9.59 Å². The van der Waals surface area contributed by atoms with Gasteiger partial charge in [-0.3, -0.25) is 9.59 Å². The molecule has 0 aromatic heterocycles. The molecule has 0 aromatic rings. The van der Waals surface area contributed by atoms with Gasteiger partial charge < -0.3 is 15.7 Å². The molecule has 1 rings (SSSR count). The van der Waals surface area contributed by atoms with Crippen molar-refractivity contribution < 1.29 is 14.7 Å². The fourth-order valence-corrected chi connectivity index (χ4v) is 1.69. The van der Waals surface area contributed by atoms with Gasteiger partial charge in [-0.25, -0.2) is 0 Å². The van der Waals surface area contributed by atoms with Crippen LogP contribution in [0.3, 0.4) is 0 Å². The molecule has 1 heterocycles. The van der Waals surface area contributed by atoms with Crippen molar-refractivity contribution in [2.45, 2.75) is 51.2 Å². The minimum atomic E-state index is -0.835. The monoisotopic (exact) mass is 228 g/mol. The van der Waals surface area contributed by atoms with E-state index >= 15 is 0 Å². The van der Waals surface area contributed by atoms with E-state index < -0.39 is 11.6 Å². The second kappa shape index (κ2) is 5.30. The number of rotatable bonds is 5. The number of carbonyl (C=O) groups is 2. The zero-order valence-electron chi connectivity index (χ0n) is 9.88. The summed E-state index contributed by atoms with van der Waals surface area (Å²) in [6, 6.07) is -0.425. The lowest BCUT2D eigenvalue weighted by Crippen LogP contribution is -2.48. The zero-order chi connectivity index (χ0) is 12.2. The molecule has 0 aliphatic carbocycles. The molecule has 0 radical (unpaired) electrons. The van der Waals surface area contributed by atoms with E-state index in [-0.39, 0.29) is 18.4 Å². The third kappa shape index (κ3) is 3.20. The van der Waals surface area contributed by atoms with Crippen molar-refractivity contribution in [3.63, 3.8) is 0 Å². The van der Waals surface area contributed by atoms with E-state index in [1.165, 1.54) is 0 Å². The molecule has 1 fully saturated rings. The topological polar surface area (TPSA) is 78.4 Å². The van der Waals surface area contributed by atoms with Gasteiger partial charge in [-0.05, 0) is 19.3 Å². The van der Waals surface area contributed by atoms with Crippen molar-refractivity contribution in [1.29, 1.82) is 0 Å². The SMILES string of the molecule is CCC(O)(CC)CNC(=O)C1CCC(=O)N1. The van der Waals surface area contributed by atoms with Crippen LogP contribution < -0.4 is 10.6 Å². The highest BCUT2D eigenvalue weighted by Crippen LogP contribution is 2.13. The molecule has 0 bridgehead atoms. The number of hydrogen-bond donors (Lipinski definition) is 3. The first-order valence-corrected chi connectivity index (χ1v) is 5.80. The number of amides is 2. The van der Waals surface area contributed by atoms with Crippen molar-refractivity contribution in [2.75, 3.05) is 6.54 Å². The molecule has 0 aromatic carbocycles. The van der Waals surface area contributed by atoms with Gasteiger partial charge in [-0.2, -0.15) is 0 Å². The van der Waals surface area contributed by atoms with E-state index in [9.17, 15) is 14.7 Å². The van der Waals surface area contributed by atoms with Crippen LogP contribution >= 0.6 is 0 Å². The second-order valence-electron chi connectivity index (χ2n) is 4.31. The van der Waals surface area contributed by atoms with E-state index in [1.54, 1.807) is 0 Å². The first kappa shape index (κ1) is 13.0. The van der Waals surface area contributed by atoms with E-state index in [1.807, 2.05) is 13.8 Å². The largest absolute Gasteiger partial charge is 0.388 e. The van der Waals surface area contributed by atoms with Gasteiger partial charge in [0.05, 0.1) is 5.60 Å². The van der Waals surface area contributed by atoms with Crippen LogP contribution in [0.15, 0.2) is 0 Å². The minimum Gasteiger partial charge on any atom is -0.388 e. The second-order valence-corrected chi connectivity index (χ2v) is 4.31. The predicted octanol–water partition coefficient (Wildman–Crippen LogP) is -0.0677. The van der Waals surface area contributed by atoms with Gasteiger partial charge in [0.15, 0.2) is 0 Å². The molecule has 2 amide bonds. The average Bonchev–Trinajstić information content (AvgIpc) is 2.72. The summed E-state index contributed by atoms with van der Waals surface area (Å²) in [6.07, 6.45) is 2.15. The van der Waals surface area contributed by atoms with Gasteiger partial charge in [-0.1, -0.05) is 13.8 Å². The molecular formula is C11H20N2O3. The van der Waals surface area contributed by atoms with E-state index in [0.29, 0.717) is 25.7 Å². The molecule has 0 saturated carbocycles. The Morgan fingerprint density at radius 1 is 1.56 bits per heavy atom. The normalized spacial score (nSPS) is 20.7. The summed E-state index contributed by atoms with van der Waals surface area (Å²) in [7, 11) is 0. The lowest BCUT2D eigenvalue weighted by molar-refractivity contribution is -0.126. The highest BCUT2D eigenvalue weighted by molar-refractivity contribution is 5.90. The third-order valence-corrected chi connectivity index (χ3v) is 3.22. The number of hydrogen-bond acceptors (Lipinski definition) is 3. The lowest BCUT2D eigenvalue weighted by atomic mass is 9.97. The molecule has 92 valence electrons. The third-order valence-electron chi connectivity index (χ3n) is 3.22. The summed E-state index contributed by atoms with van der Waals surface area (Å²) >= 11 is 0. The Morgan fingerprint density at radius 3 is 2.62 bits per heavy atom. The zero-order valence-corrected chi connectivity index (χ0v) is 9.88. The molecule has 5 heteroatoms. The van der Waals surface area contributed by atoms with Gasteiger partial charge in [-0.15, -0.1) is 0 Å². The Kier molecular flexibility index (Phi) is 4.29. The van der Waals surface area contributed by atoms with Gasteiger partial charge in [0.1, 0.15) is 6.04 Å². The highest BCUT2D eigenvalue weighted by Gasteiger charge is 2.29. The fourth-order valence-electron chi connectivity index (χ4n) is 1.69. The fraction of sp³-hybridized carbons (Fsp3) is 0.818. The molecule has 1 atom stereocenters. The summed E-state index contributed by atoms with van der Waals surface area (Å²) in [4.78, 5) is 22.6. The molecule has 5 nitrogen and oxygen atoms in total. The molecule has 1 aliphatic rings. The minimum absolute atomic E-state index is 0.0820. The Balaban J connectivity index is 2.37. The van der Waals surface area contributed by atoms with Crippen LogP contribution in [0.5, 0.6) is 0 Å². The molecule has 1 aliphatic heterocycles. The first-order valence-electron chi connectivity index (χ1n) is 5.80. The smallest absolute Gasteiger partial charge is 0.242 e.